The average molecular weight is 536 g/mol. The van der Waals surface area contributed by atoms with Gasteiger partial charge in [0.15, 0.2) is 11.0 Å². The van der Waals surface area contributed by atoms with E-state index >= 15 is 0 Å². The van der Waals surface area contributed by atoms with E-state index in [1.165, 1.54) is 11.8 Å². The smallest absolute Gasteiger partial charge is 0.243 e. The molecule has 0 aliphatic carbocycles. The topological polar surface area (TPSA) is 97.6 Å². The number of aromatic nitrogens is 3. The molecule has 1 amide bonds. The van der Waals surface area contributed by atoms with Crippen molar-refractivity contribution in [3.63, 3.8) is 0 Å². The molecule has 1 aromatic heterocycles. The summed E-state index contributed by atoms with van der Waals surface area (Å²) in [5, 5.41) is 9.41. The summed E-state index contributed by atoms with van der Waals surface area (Å²) in [4.78, 5) is 15.3. The lowest BCUT2D eigenvalue weighted by atomic mass is 9.98. The number of hydrogen-bond acceptors (Lipinski definition) is 7. The van der Waals surface area contributed by atoms with Crippen molar-refractivity contribution in [3.8, 4) is 11.4 Å². The fourth-order valence-electron chi connectivity index (χ4n) is 5.14. The molecule has 0 radical (unpaired) electrons. The molecule has 198 valence electrons. The fraction of sp³-hybridized carbons (Fsp3) is 0.640. The van der Waals surface area contributed by atoms with Crippen LogP contribution >= 0.6 is 11.8 Å². The summed E-state index contributed by atoms with van der Waals surface area (Å²) in [6.45, 7) is 6.38. The monoisotopic (exact) mass is 535 g/mol. The molecule has 9 nitrogen and oxygen atoms in total. The normalized spacial score (nSPS) is 21.6. The molecule has 11 heteroatoms. The molecule has 2 aliphatic heterocycles. The van der Waals surface area contributed by atoms with Gasteiger partial charge in [-0.25, -0.2) is 8.42 Å². The first-order valence-corrected chi connectivity index (χ1v) is 15.2. The van der Waals surface area contributed by atoms with Crippen LogP contribution in [0.25, 0.3) is 11.4 Å². The third-order valence-corrected chi connectivity index (χ3v) is 9.97. The van der Waals surface area contributed by atoms with E-state index < -0.39 is 10.0 Å². The molecular formula is C25H37N5O4S2. The Morgan fingerprint density at radius 2 is 1.69 bits per heavy atom. The van der Waals surface area contributed by atoms with Crippen molar-refractivity contribution in [2.45, 2.75) is 81.1 Å². The highest BCUT2D eigenvalue weighted by molar-refractivity contribution is 7.99. The molecule has 3 heterocycles. The van der Waals surface area contributed by atoms with Gasteiger partial charge in [0.05, 0.1) is 23.8 Å². The van der Waals surface area contributed by atoms with Gasteiger partial charge in [0, 0.05) is 37.8 Å². The van der Waals surface area contributed by atoms with Crippen LogP contribution in [0.3, 0.4) is 0 Å². The lowest BCUT2D eigenvalue weighted by Gasteiger charge is -2.39. The van der Waals surface area contributed by atoms with Crippen LogP contribution in [0.1, 0.15) is 52.4 Å². The maximum Gasteiger partial charge on any atom is 0.243 e. The zero-order chi connectivity index (χ0) is 25.7. The Kier molecular flexibility index (Phi) is 9.08. The number of sulfonamides is 1. The van der Waals surface area contributed by atoms with Gasteiger partial charge in [-0.3, -0.25) is 9.36 Å². The van der Waals surface area contributed by atoms with Gasteiger partial charge in [0.25, 0.3) is 0 Å². The second-order valence-corrected chi connectivity index (χ2v) is 12.5. The Bertz CT molecular complexity index is 1120. The van der Waals surface area contributed by atoms with Crippen molar-refractivity contribution < 1.29 is 17.9 Å². The van der Waals surface area contributed by atoms with Crippen molar-refractivity contribution >= 4 is 27.7 Å². The van der Waals surface area contributed by atoms with E-state index in [0.29, 0.717) is 47.9 Å². The number of piperidine rings is 2. The molecule has 2 saturated heterocycles. The summed E-state index contributed by atoms with van der Waals surface area (Å²) in [5.41, 5.74) is 0.771. The van der Waals surface area contributed by atoms with Crippen LogP contribution < -0.4 is 0 Å². The minimum Gasteiger partial charge on any atom is -0.383 e. The maximum absolute atomic E-state index is 13.0. The van der Waals surface area contributed by atoms with E-state index in [2.05, 4.69) is 24.0 Å². The molecule has 0 spiro atoms. The summed E-state index contributed by atoms with van der Waals surface area (Å²) in [6, 6.07) is 7.35. The zero-order valence-corrected chi connectivity index (χ0v) is 23.1. The number of ether oxygens (including phenoxy) is 1. The quantitative estimate of drug-likeness (QED) is 0.452. The molecule has 2 aliphatic rings. The highest BCUT2D eigenvalue weighted by Gasteiger charge is 2.29. The van der Waals surface area contributed by atoms with Crippen molar-refractivity contribution in [2.24, 2.45) is 0 Å². The van der Waals surface area contributed by atoms with Crippen molar-refractivity contribution in [1.29, 1.82) is 0 Å². The van der Waals surface area contributed by atoms with E-state index in [9.17, 15) is 13.2 Å². The number of nitrogens with zero attached hydrogens (tertiary/aromatic N) is 5. The zero-order valence-electron chi connectivity index (χ0n) is 21.4. The second-order valence-electron chi connectivity index (χ2n) is 9.66. The molecule has 2 fully saturated rings. The second kappa shape index (κ2) is 12.1. The first-order valence-electron chi connectivity index (χ1n) is 12.8. The van der Waals surface area contributed by atoms with Gasteiger partial charge in [0.1, 0.15) is 0 Å². The molecule has 0 bridgehead atoms. The molecular weight excluding hydrogens is 498 g/mol. The number of carbonyl (C=O) groups excluding carboxylic acids is 1. The minimum atomic E-state index is -3.49. The third kappa shape index (κ3) is 5.95. The predicted molar refractivity (Wildman–Crippen MR) is 140 cm³/mol. The summed E-state index contributed by atoms with van der Waals surface area (Å²) in [6.07, 6.45) is 6.11. The summed E-state index contributed by atoms with van der Waals surface area (Å²) in [5.74, 6) is 1.05. The number of benzene rings is 1. The van der Waals surface area contributed by atoms with Gasteiger partial charge in [-0.1, -0.05) is 18.2 Å². The maximum atomic E-state index is 13.0. The molecule has 2 aromatic rings. The summed E-state index contributed by atoms with van der Waals surface area (Å²) in [7, 11) is -1.86. The lowest BCUT2D eigenvalue weighted by Crippen LogP contribution is -2.48. The van der Waals surface area contributed by atoms with Crippen LogP contribution in [0.2, 0.25) is 0 Å². The van der Waals surface area contributed by atoms with E-state index in [1.54, 1.807) is 35.7 Å². The molecule has 4 rings (SSSR count). The van der Waals surface area contributed by atoms with Crippen LogP contribution in [0.5, 0.6) is 0 Å². The summed E-state index contributed by atoms with van der Waals surface area (Å²) < 4.78 is 34.8. The highest BCUT2D eigenvalue weighted by atomic mass is 32.2. The van der Waals surface area contributed by atoms with Gasteiger partial charge in [-0.15, -0.1) is 10.2 Å². The summed E-state index contributed by atoms with van der Waals surface area (Å²) >= 11 is 1.39. The van der Waals surface area contributed by atoms with Crippen LogP contribution in [-0.2, 0) is 26.1 Å². The van der Waals surface area contributed by atoms with Crippen LogP contribution in [-0.4, -0.2) is 82.9 Å². The van der Waals surface area contributed by atoms with E-state index in [1.807, 2.05) is 9.47 Å². The first-order chi connectivity index (χ1) is 17.3. The first kappa shape index (κ1) is 27.1. The standard InChI is InChI=1S/C25H37N5O4S2/c1-19-8-7-9-20(2)30(19)23(31)18-35-25-27-26-24(29(25)16-17-34-3)21-10-12-22(13-11-21)36(32,33)28-14-5-4-6-15-28/h10-13,19-20H,4-9,14-18H2,1-3H3/t19-,20-/m1/s1. The number of rotatable bonds is 9. The van der Waals surface area contributed by atoms with Gasteiger partial charge in [-0.2, -0.15) is 4.31 Å². The molecule has 2 atom stereocenters. The number of likely N-dealkylation sites (tertiary alicyclic amines) is 1. The minimum absolute atomic E-state index is 0.120. The van der Waals surface area contributed by atoms with Gasteiger partial charge in [0.2, 0.25) is 15.9 Å². The van der Waals surface area contributed by atoms with Gasteiger partial charge < -0.3 is 9.64 Å². The number of methoxy groups -OCH3 is 1. The largest absolute Gasteiger partial charge is 0.383 e. The van der Waals surface area contributed by atoms with Gasteiger partial charge in [-0.05, 0) is 70.2 Å². The molecule has 1 aromatic carbocycles. The number of carbonyl (C=O) groups is 1. The van der Waals surface area contributed by atoms with E-state index in [4.69, 9.17) is 4.74 Å². The van der Waals surface area contributed by atoms with E-state index in [0.717, 1.165) is 44.1 Å². The van der Waals surface area contributed by atoms with Crippen LogP contribution in [0.15, 0.2) is 34.3 Å². The Morgan fingerprint density at radius 1 is 1.03 bits per heavy atom. The molecule has 0 N–H and O–H groups in total. The third-order valence-electron chi connectivity index (χ3n) is 7.11. The van der Waals surface area contributed by atoms with Crippen molar-refractivity contribution in [3.05, 3.63) is 24.3 Å². The van der Waals surface area contributed by atoms with Crippen molar-refractivity contribution in [2.75, 3.05) is 32.6 Å². The Morgan fingerprint density at radius 3 is 2.33 bits per heavy atom. The fourth-order valence-corrected chi connectivity index (χ4v) is 7.49. The Hall–Kier alpha value is -1.95. The predicted octanol–water partition coefficient (Wildman–Crippen LogP) is 3.65. The number of hydrogen-bond donors (Lipinski definition) is 0. The average Bonchev–Trinajstić information content (AvgIpc) is 3.29. The Labute approximate surface area is 218 Å². The SMILES string of the molecule is COCCn1c(SCC(=O)N2[C@H](C)CCC[C@H]2C)nnc1-c1ccc(S(=O)(=O)N2CCCCC2)cc1. The van der Waals surface area contributed by atoms with Gasteiger partial charge >= 0.3 is 0 Å². The van der Waals surface area contributed by atoms with Crippen LogP contribution in [0, 0.1) is 0 Å². The molecule has 0 saturated carbocycles. The molecule has 0 unspecified atom stereocenters. The van der Waals surface area contributed by atoms with Crippen molar-refractivity contribution in [1.82, 2.24) is 24.0 Å². The lowest BCUT2D eigenvalue weighted by molar-refractivity contribution is -0.134. The number of thioether (sulfide) groups is 1. The van der Waals surface area contributed by atoms with E-state index in [-0.39, 0.29) is 18.0 Å². The molecule has 36 heavy (non-hydrogen) atoms. The number of amides is 1. The highest BCUT2D eigenvalue weighted by Crippen LogP contribution is 2.28. The Balaban J connectivity index is 1.51. The van der Waals surface area contributed by atoms with Crippen LogP contribution in [0.4, 0.5) is 0 Å².